The van der Waals surface area contributed by atoms with Gasteiger partial charge in [0.25, 0.3) is 0 Å². The average molecular weight is 1300 g/mol. The molecule has 22 rings (SSSR count). The summed E-state index contributed by atoms with van der Waals surface area (Å²) in [5, 5.41) is 11.2. The summed E-state index contributed by atoms with van der Waals surface area (Å²) in [5.74, 6) is 0.223. The third-order valence-corrected chi connectivity index (χ3v) is 22.4. The molecular weight excluding hydrogens is 1240 g/mol. The summed E-state index contributed by atoms with van der Waals surface area (Å²) in [6.45, 7) is 0. The summed E-state index contributed by atoms with van der Waals surface area (Å²) in [4.78, 5) is 2.49. The van der Waals surface area contributed by atoms with Crippen LogP contribution in [-0.2, 0) is 6.42 Å². The lowest BCUT2D eigenvalue weighted by Crippen LogP contribution is -2.18. The number of anilines is 2. The van der Waals surface area contributed by atoms with Gasteiger partial charge in [0, 0.05) is 118 Å². The fraction of sp³-hybridized carbons (Fsp3) is 0.0417. The lowest BCUT2D eigenvalue weighted by Gasteiger charge is -2.27. The van der Waals surface area contributed by atoms with Crippen molar-refractivity contribution in [2.24, 2.45) is 0 Å². The van der Waals surface area contributed by atoms with Crippen LogP contribution < -0.4 is 4.90 Å². The molecule has 0 spiro atoms. The zero-order valence-electron chi connectivity index (χ0n) is 55.8. The molecule has 0 fully saturated rings. The minimum atomic E-state index is 0.223. The predicted octanol–water partition coefficient (Wildman–Crippen LogP) is 25.1. The van der Waals surface area contributed by atoms with Crippen molar-refractivity contribution in [2.75, 3.05) is 4.90 Å². The second-order valence-electron chi connectivity index (χ2n) is 27.8. The summed E-state index contributed by atoms with van der Waals surface area (Å²) in [5.41, 5.74) is 31.5. The molecule has 0 radical (unpaired) electrons. The highest BCUT2D eigenvalue weighted by molar-refractivity contribution is 6.24. The summed E-state index contributed by atoms with van der Waals surface area (Å²) < 4.78 is 12.5. The number of allylic oxidation sites excluding steroid dienone is 5. The summed E-state index contributed by atoms with van der Waals surface area (Å²) in [6.07, 6.45) is 12.2. The van der Waals surface area contributed by atoms with Crippen LogP contribution in [0.5, 0.6) is 0 Å². The van der Waals surface area contributed by atoms with E-state index in [1.54, 1.807) is 0 Å². The molecule has 1 atom stereocenters. The molecule has 0 saturated heterocycles. The van der Waals surface area contributed by atoms with Gasteiger partial charge in [0.15, 0.2) is 0 Å². The van der Waals surface area contributed by atoms with E-state index in [4.69, 9.17) is 0 Å². The lowest BCUT2D eigenvalue weighted by atomic mass is 9.87. The van der Waals surface area contributed by atoms with E-state index in [0.29, 0.717) is 0 Å². The first kappa shape index (κ1) is 56.8. The van der Waals surface area contributed by atoms with Crippen LogP contribution in [0.15, 0.2) is 345 Å². The van der Waals surface area contributed by atoms with Crippen LogP contribution in [0.4, 0.5) is 11.4 Å². The summed E-state index contributed by atoms with van der Waals surface area (Å²) >= 11 is 0. The van der Waals surface area contributed by atoms with Crippen LogP contribution in [0.25, 0.3) is 166 Å². The van der Waals surface area contributed by atoms with Crippen molar-refractivity contribution in [3.05, 3.63) is 362 Å². The molecule has 0 bridgehead atoms. The van der Waals surface area contributed by atoms with E-state index in [-0.39, 0.29) is 5.92 Å². The Morgan fingerprint density at radius 3 is 1.23 bits per heavy atom. The van der Waals surface area contributed by atoms with Gasteiger partial charge in [-0.25, -0.2) is 0 Å². The van der Waals surface area contributed by atoms with E-state index in [2.05, 4.69) is 374 Å². The average Bonchev–Trinajstić information content (AvgIpc) is 1.54. The van der Waals surface area contributed by atoms with Gasteiger partial charge in [0.2, 0.25) is 0 Å². The fourth-order valence-corrected chi connectivity index (χ4v) is 17.9. The van der Waals surface area contributed by atoms with Crippen molar-refractivity contribution in [1.82, 2.24) is 22.8 Å². The summed E-state index contributed by atoms with van der Waals surface area (Å²) in [6, 6.07) is 120. The number of rotatable bonds is 9. The van der Waals surface area contributed by atoms with Crippen molar-refractivity contribution in [1.29, 1.82) is 0 Å². The predicted molar refractivity (Wildman–Crippen MR) is 428 cm³/mol. The molecule has 0 saturated carbocycles. The minimum Gasteiger partial charge on any atom is -0.313 e. The zero-order chi connectivity index (χ0) is 66.7. The third-order valence-electron chi connectivity index (χ3n) is 22.4. The maximum atomic E-state index is 2.54. The van der Waals surface area contributed by atoms with Gasteiger partial charge < -0.3 is 27.7 Å². The molecule has 2 aliphatic carbocycles. The Morgan fingerprint density at radius 1 is 0.284 bits per heavy atom. The smallest absolute Gasteiger partial charge is 0.0788 e. The molecule has 1 unspecified atom stereocenters. The number of nitrogens with zero attached hydrogens (tertiary/aromatic N) is 6. The molecule has 0 amide bonds. The topological polar surface area (TPSA) is 27.9 Å². The Labute approximate surface area is 588 Å². The molecule has 478 valence electrons. The van der Waals surface area contributed by atoms with Crippen molar-refractivity contribution in [2.45, 2.75) is 25.2 Å². The van der Waals surface area contributed by atoms with E-state index in [0.717, 1.165) is 75.4 Å². The van der Waals surface area contributed by atoms with Gasteiger partial charge in [-0.1, -0.05) is 206 Å². The molecule has 19 aromatic rings. The Balaban J connectivity index is 0.690. The Hall–Kier alpha value is -13.2. The molecule has 6 nitrogen and oxygen atoms in total. The van der Waals surface area contributed by atoms with E-state index < -0.39 is 0 Å². The molecule has 1 aliphatic heterocycles. The van der Waals surface area contributed by atoms with Gasteiger partial charge in [-0.3, -0.25) is 0 Å². The van der Waals surface area contributed by atoms with Crippen molar-refractivity contribution < 1.29 is 0 Å². The molecule has 3 aliphatic rings. The van der Waals surface area contributed by atoms with Crippen LogP contribution in [0.3, 0.4) is 0 Å². The largest absolute Gasteiger partial charge is 0.313 e. The number of hydrogen-bond donors (Lipinski definition) is 0. The lowest BCUT2D eigenvalue weighted by molar-refractivity contribution is 0.761. The van der Waals surface area contributed by atoms with E-state index in [1.165, 1.54) is 138 Å². The van der Waals surface area contributed by atoms with E-state index in [9.17, 15) is 0 Å². The van der Waals surface area contributed by atoms with Gasteiger partial charge in [-0.05, 0) is 191 Å². The third kappa shape index (κ3) is 8.41. The Bertz CT molecular complexity index is 6800. The first-order valence-corrected chi connectivity index (χ1v) is 35.7. The quantitative estimate of drug-likeness (QED) is 0.142. The highest BCUT2D eigenvalue weighted by Gasteiger charge is 2.39. The molecule has 102 heavy (non-hydrogen) atoms. The van der Waals surface area contributed by atoms with E-state index in [1.807, 2.05) is 0 Å². The highest BCUT2D eigenvalue weighted by atomic mass is 15.2. The number of benzene rings is 14. The fourth-order valence-electron chi connectivity index (χ4n) is 17.9. The first-order valence-electron chi connectivity index (χ1n) is 35.7. The zero-order valence-corrected chi connectivity index (χ0v) is 55.8. The van der Waals surface area contributed by atoms with Crippen molar-refractivity contribution in [3.63, 3.8) is 0 Å². The van der Waals surface area contributed by atoms with Crippen LogP contribution in [-0.4, -0.2) is 22.8 Å². The van der Waals surface area contributed by atoms with E-state index >= 15 is 0 Å². The van der Waals surface area contributed by atoms with Gasteiger partial charge in [0.1, 0.15) is 0 Å². The molecule has 14 aromatic carbocycles. The van der Waals surface area contributed by atoms with Crippen molar-refractivity contribution in [3.8, 4) is 56.1 Å². The molecule has 6 heteroatoms. The number of para-hydroxylation sites is 8. The minimum absolute atomic E-state index is 0.223. The van der Waals surface area contributed by atoms with Crippen LogP contribution in [0.2, 0.25) is 0 Å². The molecule has 0 N–H and O–H groups in total. The van der Waals surface area contributed by atoms with Crippen LogP contribution in [0.1, 0.15) is 35.6 Å². The SMILES string of the molecule is C1=CCCC(n2c3ccccc3c3cc4c(cc32)c2ccccc2n4-c2ccc(-c3cc(-c4ccc(-n5c6c(c7ccccc75)C=C5C(C6)c6ccccc6N5c5ccccc5)cc4)cc(-c4ccc(-n5c6ccccc6c6ccc7c8ccccc8n(-c8ccccc8)c7c65)cc4)c3)cc2)=C1. The van der Waals surface area contributed by atoms with Crippen LogP contribution >= 0.6 is 0 Å². The Kier molecular flexibility index (Phi) is 12.4. The van der Waals surface area contributed by atoms with Gasteiger partial charge in [-0.15, -0.1) is 0 Å². The monoisotopic (exact) mass is 1300 g/mol. The number of aromatic nitrogens is 5. The second-order valence-corrected chi connectivity index (χ2v) is 27.8. The maximum Gasteiger partial charge on any atom is 0.0788 e. The van der Waals surface area contributed by atoms with Crippen LogP contribution in [0, 0.1) is 0 Å². The molecular formula is C96H64N6. The van der Waals surface area contributed by atoms with Crippen molar-refractivity contribution >= 4 is 121 Å². The first-order chi connectivity index (χ1) is 50.6. The van der Waals surface area contributed by atoms with Gasteiger partial charge in [-0.2, -0.15) is 0 Å². The van der Waals surface area contributed by atoms with Gasteiger partial charge >= 0.3 is 0 Å². The standard InChI is InChI=1S/C96H64N6/c1-4-22-67(23-5-1)97-85-34-16-12-30-75(85)81-59-93-83(57-91(81)97)77-32-14-18-36-87(77)99(93)70-46-40-61(41-47-70)64-54-65(62-42-48-71(49-43-62)100-88-37-19-15-33-78(88)84-58-92-82(60-94(84)100)76-31-13-17-35-86(76)98(92)68-24-6-2-7-25-68)56-66(55-64)63-44-50-72(51-45-63)102-90-39-21-11-29-74(90)80-53-52-79-73-28-10-20-38-89(73)101(95(79)96(80)102)69-26-8-3-9-27-69/h1-6,8-24,26-58,60,81H,7,25,59H2. The number of hydrogen-bond acceptors (Lipinski definition) is 1. The highest BCUT2D eigenvalue weighted by Crippen LogP contribution is 2.54. The Morgan fingerprint density at radius 2 is 0.696 bits per heavy atom. The maximum absolute atomic E-state index is 2.54. The second kappa shape index (κ2) is 22.2. The number of fused-ring (bicyclic) bond motifs is 19. The van der Waals surface area contributed by atoms with Gasteiger partial charge in [0.05, 0.1) is 49.7 Å². The normalized spacial score (nSPS) is 14.3. The molecule has 6 heterocycles. The molecule has 5 aromatic heterocycles. The summed E-state index contributed by atoms with van der Waals surface area (Å²) in [7, 11) is 0.